The second-order valence-corrected chi connectivity index (χ2v) is 7.77. The number of hydrogen-bond donors (Lipinski definition) is 1. The van der Waals surface area contributed by atoms with Crippen LogP contribution in [0.5, 0.6) is 0 Å². The molecule has 0 aliphatic carbocycles. The fourth-order valence-electron chi connectivity index (χ4n) is 3.12. The van der Waals surface area contributed by atoms with Gasteiger partial charge < -0.3 is 9.88 Å². The molecule has 8 heteroatoms. The van der Waals surface area contributed by atoms with E-state index in [1.807, 2.05) is 30.3 Å². The average Bonchev–Trinajstić information content (AvgIpc) is 3.19. The maximum Gasteiger partial charge on any atom is 0.258 e. The topological polar surface area (TPSA) is 68.9 Å². The Morgan fingerprint density at radius 2 is 1.71 bits per heavy atom. The van der Waals surface area contributed by atoms with Gasteiger partial charge in [-0.25, -0.2) is 4.68 Å². The van der Waals surface area contributed by atoms with Crippen molar-refractivity contribution in [2.24, 2.45) is 0 Å². The van der Waals surface area contributed by atoms with Crippen molar-refractivity contribution < 1.29 is 4.79 Å². The number of halogens is 2. The molecule has 1 N–H and O–H groups in total. The Morgan fingerprint density at radius 3 is 2.48 bits per heavy atom. The van der Waals surface area contributed by atoms with Crippen LogP contribution in [0.2, 0.25) is 10.0 Å². The maximum atomic E-state index is 12.8. The summed E-state index contributed by atoms with van der Waals surface area (Å²) in [6, 6.07) is 19.3. The number of carbonyl (C=O) groups is 1. The van der Waals surface area contributed by atoms with Crippen LogP contribution in [0.25, 0.3) is 0 Å². The number of benzene rings is 2. The maximum absolute atomic E-state index is 12.8. The van der Waals surface area contributed by atoms with E-state index < -0.39 is 0 Å². The normalized spacial score (nSPS) is 10.8. The molecule has 2 aromatic carbocycles. The predicted molar refractivity (Wildman–Crippen MR) is 122 cm³/mol. The van der Waals surface area contributed by atoms with Gasteiger partial charge in [0.15, 0.2) is 0 Å². The molecule has 2 aromatic heterocycles. The van der Waals surface area contributed by atoms with Gasteiger partial charge in [0.25, 0.3) is 11.5 Å². The van der Waals surface area contributed by atoms with E-state index in [9.17, 15) is 9.59 Å². The number of rotatable bonds is 6. The van der Waals surface area contributed by atoms with Crippen molar-refractivity contribution in [2.75, 3.05) is 5.32 Å². The summed E-state index contributed by atoms with van der Waals surface area (Å²) < 4.78 is 3.14. The van der Waals surface area contributed by atoms with E-state index in [2.05, 4.69) is 10.4 Å². The van der Waals surface area contributed by atoms with Gasteiger partial charge in [-0.3, -0.25) is 9.59 Å². The monoisotopic (exact) mass is 452 g/mol. The van der Waals surface area contributed by atoms with Crippen molar-refractivity contribution in [1.82, 2.24) is 14.3 Å². The molecule has 4 aromatic rings. The smallest absolute Gasteiger partial charge is 0.258 e. The Hall–Kier alpha value is -3.35. The van der Waals surface area contributed by atoms with Crippen LogP contribution in [-0.4, -0.2) is 20.3 Å². The molecule has 0 spiro atoms. The summed E-state index contributed by atoms with van der Waals surface area (Å²) in [5.41, 5.74) is 1.93. The van der Waals surface area contributed by atoms with Gasteiger partial charge in [0.05, 0.1) is 24.8 Å². The first kappa shape index (κ1) is 20.9. The minimum atomic E-state index is -0.342. The summed E-state index contributed by atoms with van der Waals surface area (Å²) in [5.74, 6) is 0.203. The van der Waals surface area contributed by atoms with Gasteiger partial charge in [0, 0.05) is 28.4 Å². The highest BCUT2D eigenvalue weighted by Gasteiger charge is 2.12. The van der Waals surface area contributed by atoms with Gasteiger partial charge >= 0.3 is 0 Å². The molecule has 0 unspecified atom stereocenters. The van der Waals surface area contributed by atoms with E-state index in [1.54, 1.807) is 35.1 Å². The number of nitrogens with zero attached hydrogens (tertiary/aromatic N) is 3. The van der Waals surface area contributed by atoms with Crippen LogP contribution in [0.15, 0.2) is 83.9 Å². The SMILES string of the molecule is O=C(Nc1ccnn1Cc1ccc(Cl)cc1)c1ccc(=O)n(Cc2ccccc2Cl)c1. The van der Waals surface area contributed by atoms with E-state index in [-0.39, 0.29) is 18.0 Å². The van der Waals surface area contributed by atoms with Crippen molar-refractivity contribution >= 4 is 34.9 Å². The Balaban J connectivity index is 1.52. The van der Waals surface area contributed by atoms with Gasteiger partial charge in [0.2, 0.25) is 0 Å². The summed E-state index contributed by atoms with van der Waals surface area (Å²) >= 11 is 12.1. The van der Waals surface area contributed by atoms with E-state index in [0.29, 0.717) is 28.0 Å². The predicted octanol–water partition coefficient (Wildman–Crippen LogP) is 4.70. The second-order valence-electron chi connectivity index (χ2n) is 6.93. The first-order valence-corrected chi connectivity index (χ1v) is 10.3. The van der Waals surface area contributed by atoms with E-state index in [4.69, 9.17) is 23.2 Å². The van der Waals surface area contributed by atoms with Crippen molar-refractivity contribution in [3.8, 4) is 0 Å². The van der Waals surface area contributed by atoms with E-state index in [0.717, 1.165) is 11.1 Å². The van der Waals surface area contributed by atoms with Crippen molar-refractivity contribution in [3.05, 3.63) is 116 Å². The van der Waals surface area contributed by atoms with E-state index >= 15 is 0 Å². The molecular weight excluding hydrogens is 435 g/mol. The third kappa shape index (κ3) is 5.05. The third-order valence-electron chi connectivity index (χ3n) is 4.75. The molecule has 0 saturated carbocycles. The van der Waals surface area contributed by atoms with Crippen LogP contribution in [0, 0.1) is 0 Å². The molecule has 156 valence electrons. The lowest BCUT2D eigenvalue weighted by Gasteiger charge is -2.11. The van der Waals surface area contributed by atoms with Gasteiger partial charge in [-0.2, -0.15) is 5.10 Å². The van der Waals surface area contributed by atoms with Crippen LogP contribution < -0.4 is 10.9 Å². The number of carbonyl (C=O) groups excluding carboxylic acids is 1. The molecule has 0 saturated heterocycles. The molecule has 6 nitrogen and oxygen atoms in total. The van der Waals surface area contributed by atoms with Crippen LogP contribution in [0.4, 0.5) is 5.82 Å². The van der Waals surface area contributed by atoms with Crippen LogP contribution in [0.1, 0.15) is 21.5 Å². The summed E-state index contributed by atoms with van der Waals surface area (Å²) in [6.45, 7) is 0.750. The lowest BCUT2D eigenvalue weighted by atomic mass is 10.2. The number of aromatic nitrogens is 3. The van der Waals surface area contributed by atoms with Crippen molar-refractivity contribution in [1.29, 1.82) is 0 Å². The fraction of sp³-hybridized carbons (Fsp3) is 0.0870. The van der Waals surface area contributed by atoms with Crippen LogP contribution in [-0.2, 0) is 13.1 Å². The van der Waals surface area contributed by atoms with E-state index in [1.165, 1.54) is 22.9 Å². The van der Waals surface area contributed by atoms with Crippen molar-refractivity contribution in [3.63, 3.8) is 0 Å². The zero-order chi connectivity index (χ0) is 21.8. The molecule has 0 fully saturated rings. The average molecular weight is 453 g/mol. The van der Waals surface area contributed by atoms with Gasteiger partial charge in [-0.15, -0.1) is 0 Å². The molecule has 4 rings (SSSR count). The van der Waals surface area contributed by atoms with Crippen molar-refractivity contribution in [2.45, 2.75) is 13.1 Å². The summed E-state index contributed by atoms with van der Waals surface area (Å²) in [5, 5.41) is 8.35. The number of nitrogens with one attached hydrogen (secondary N) is 1. The third-order valence-corrected chi connectivity index (χ3v) is 5.37. The Morgan fingerprint density at radius 1 is 0.935 bits per heavy atom. The fourth-order valence-corrected chi connectivity index (χ4v) is 3.44. The molecule has 0 aliphatic heterocycles. The summed E-state index contributed by atoms with van der Waals surface area (Å²) in [6.07, 6.45) is 3.14. The number of anilines is 1. The first-order valence-electron chi connectivity index (χ1n) is 9.51. The Bertz CT molecular complexity index is 1280. The number of amides is 1. The lowest BCUT2D eigenvalue weighted by molar-refractivity contribution is 0.102. The minimum absolute atomic E-state index is 0.218. The number of hydrogen-bond acceptors (Lipinski definition) is 3. The largest absolute Gasteiger partial charge is 0.310 e. The molecule has 2 heterocycles. The van der Waals surface area contributed by atoms with Gasteiger partial charge in [0.1, 0.15) is 5.82 Å². The molecule has 0 radical (unpaired) electrons. The van der Waals surface area contributed by atoms with Crippen LogP contribution in [0.3, 0.4) is 0 Å². The lowest BCUT2D eigenvalue weighted by Crippen LogP contribution is -2.23. The Kier molecular flexibility index (Phi) is 6.21. The standard InChI is InChI=1S/C23H18Cl2N4O2/c24-19-8-5-16(6-9-19)13-29-21(11-12-26-29)27-23(31)18-7-10-22(30)28(15-18)14-17-3-1-2-4-20(17)25/h1-12,15H,13-14H2,(H,27,31). The first-order chi connectivity index (χ1) is 15.0. The quantitative estimate of drug-likeness (QED) is 0.460. The zero-order valence-corrected chi connectivity index (χ0v) is 17.8. The zero-order valence-electron chi connectivity index (χ0n) is 16.3. The number of pyridine rings is 1. The highest BCUT2D eigenvalue weighted by Crippen LogP contribution is 2.17. The second kappa shape index (κ2) is 9.20. The molecule has 1 amide bonds. The Labute approximate surface area is 188 Å². The highest BCUT2D eigenvalue weighted by molar-refractivity contribution is 6.31. The highest BCUT2D eigenvalue weighted by atomic mass is 35.5. The molecule has 0 atom stereocenters. The summed E-state index contributed by atoms with van der Waals surface area (Å²) in [4.78, 5) is 25.1. The molecule has 31 heavy (non-hydrogen) atoms. The molecule has 0 aliphatic rings. The summed E-state index contributed by atoms with van der Waals surface area (Å²) in [7, 11) is 0. The molecular formula is C23H18Cl2N4O2. The van der Waals surface area contributed by atoms with Crippen LogP contribution >= 0.6 is 23.2 Å². The van der Waals surface area contributed by atoms with Gasteiger partial charge in [-0.05, 0) is 35.4 Å². The van der Waals surface area contributed by atoms with Gasteiger partial charge in [-0.1, -0.05) is 53.5 Å². The molecule has 0 bridgehead atoms. The minimum Gasteiger partial charge on any atom is -0.310 e.